The average Bonchev–Trinajstić information content (AvgIpc) is 3.40. The third-order valence-electron chi connectivity index (χ3n) is 6.01. The first-order chi connectivity index (χ1) is 14.5. The highest BCUT2D eigenvalue weighted by Gasteiger charge is 2.59. The maximum absolute atomic E-state index is 13.4. The van der Waals surface area contributed by atoms with E-state index in [4.69, 9.17) is 4.74 Å². The second kappa shape index (κ2) is 7.47. The molecule has 2 aromatic carbocycles. The average molecular weight is 469 g/mol. The van der Waals surface area contributed by atoms with Gasteiger partial charge in [0.15, 0.2) is 0 Å². The maximum Gasteiger partial charge on any atom is 0.254 e. The summed E-state index contributed by atoms with van der Waals surface area (Å²) >= 11 is 3.42. The lowest BCUT2D eigenvalue weighted by Gasteiger charge is -2.13. The third kappa shape index (κ3) is 3.27. The molecule has 1 heterocycles. The van der Waals surface area contributed by atoms with Gasteiger partial charge < -0.3 is 4.74 Å². The van der Waals surface area contributed by atoms with Crippen molar-refractivity contribution in [3.05, 3.63) is 76.0 Å². The summed E-state index contributed by atoms with van der Waals surface area (Å²) in [5.41, 5.74) is 1.31. The van der Waals surface area contributed by atoms with Crippen LogP contribution < -0.4 is 4.74 Å². The van der Waals surface area contributed by atoms with Crippen molar-refractivity contribution in [2.45, 2.75) is 13.0 Å². The fourth-order valence-electron chi connectivity index (χ4n) is 4.66. The van der Waals surface area contributed by atoms with Gasteiger partial charge in [0, 0.05) is 10.0 Å². The fourth-order valence-corrected chi connectivity index (χ4v) is 5.04. The molecule has 4 atom stereocenters. The normalized spacial score (nSPS) is 26.8. The highest BCUT2D eigenvalue weighted by atomic mass is 79.9. The Hall–Kier alpha value is -2.80. The Balaban J connectivity index is 1.36. The lowest BCUT2D eigenvalue weighted by Crippen LogP contribution is -2.28. The molecule has 30 heavy (non-hydrogen) atoms. The van der Waals surface area contributed by atoms with Gasteiger partial charge in [-0.15, -0.1) is 0 Å². The van der Waals surface area contributed by atoms with Crippen LogP contribution in [0.15, 0.2) is 64.2 Å². The van der Waals surface area contributed by atoms with Gasteiger partial charge in [-0.3, -0.25) is 9.59 Å². The lowest BCUT2D eigenvalue weighted by molar-refractivity contribution is -0.140. The standard InChI is InChI=1S/C23H18BrFN2O3/c24-17-6-7-19(30-12-13-2-1-3-18(25)8-13)16(10-17)11-26-27-22(28)20-14-4-5-15(9-14)21(20)23(27)29/h1-8,10-11,14-15,20-21H,9,12H2. The molecular weight excluding hydrogens is 451 g/mol. The van der Waals surface area contributed by atoms with Gasteiger partial charge in [0.2, 0.25) is 0 Å². The molecule has 3 aliphatic rings. The molecular formula is C23H18BrFN2O3. The Morgan fingerprint density at radius 2 is 1.83 bits per heavy atom. The minimum absolute atomic E-state index is 0.146. The molecule has 2 fully saturated rings. The van der Waals surface area contributed by atoms with E-state index in [0.29, 0.717) is 16.9 Å². The summed E-state index contributed by atoms with van der Waals surface area (Å²) in [6.45, 7) is 0.182. The van der Waals surface area contributed by atoms with Gasteiger partial charge in [0.25, 0.3) is 11.8 Å². The molecule has 1 aliphatic heterocycles. The van der Waals surface area contributed by atoms with E-state index in [1.54, 1.807) is 24.3 Å². The predicted molar refractivity (Wildman–Crippen MR) is 112 cm³/mol. The first-order valence-corrected chi connectivity index (χ1v) is 10.6. The molecule has 0 aromatic heterocycles. The van der Waals surface area contributed by atoms with E-state index in [9.17, 15) is 14.0 Å². The lowest BCUT2D eigenvalue weighted by atomic mass is 9.85. The van der Waals surface area contributed by atoms with Crippen LogP contribution in [0.1, 0.15) is 17.5 Å². The smallest absolute Gasteiger partial charge is 0.254 e. The van der Waals surface area contributed by atoms with Crippen LogP contribution >= 0.6 is 15.9 Å². The van der Waals surface area contributed by atoms with Crippen LogP contribution in [-0.4, -0.2) is 23.0 Å². The zero-order valence-electron chi connectivity index (χ0n) is 15.9. The number of carbonyl (C=O) groups excluding carboxylic acids is 2. The monoisotopic (exact) mass is 468 g/mol. The minimum atomic E-state index is -0.325. The number of allylic oxidation sites excluding steroid dienone is 2. The number of hydrogen-bond donors (Lipinski definition) is 0. The van der Waals surface area contributed by atoms with Crippen LogP contribution in [0, 0.1) is 29.5 Å². The van der Waals surface area contributed by atoms with E-state index in [0.717, 1.165) is 15.9 Å². The van der Waals surface area contributed by atoms with E-state index < -0.39 is 0 Å². The number of imide groups is 1. The molecule has 0 radical (unpaired) electrons. The summed E-state index contributed by atoms with van der Waals surface area (Å²) in [7, 11) is 0. The Morgan fingerprint density at radius 3 is 2.53 bits per heavy atom. The molecule has 2 aromatic rings. The molecule has 152 valence electrons. The Kier molecular flexibility index (Phi) is 4.77. The van der Waals surface area contributed by atoms with Crippen LogP contribution in [0.3, 0.4) is 0 Å². The highest BCUT2D eigenvalue weighted by Crippen LogP contribution is 2.52. The van der Waals surface area contributed by atoms with Gasteiger partial charge in [-0.2, -0.15) is 10.1 Å². The van der Waals surface area contributed by atoms with Gasteiger partial charge in [-0.25, -0.2) is 4.39 Å². The van der Waals surface area contributed by atoms with Gasteiger partial charge >= 0.3 is 0 Å². The van der Waals surface area contributed by atoms with Crippen molar-refractivity contribution in [1.82, 2.24) is 5.01 Å². The topological polar surface area (TPSA) is 59.0 Å². The van der Waals surface area contributed by atoms with Crippen molar-refractivity contribution in [3.63, 3.8) is 0 Å². The first kappa shape index (κ1) is 19.2. The summed E-state index contributed by atoms with van der Waals surface area (Å²) < 4.78 is 20.0. The van der Waals surface area contributed by atoms with Crippen molar-refractivity contribution in [3.8, 4) is 5.75 Å². The van der Waals surface area contributed by atoms with Gasteiger partial charge in [-0.1, -0.05) is 40.2 Å². The van der Waals surface area contributed by atoms with Crippen LogP contribution in [0.5, 0.6) is 5.75 Å². The fraction of sp³-hybridized carbons (Fsp3) is 0.261. The summed E-state index contributed by atoms with van der Waals surface area (Å²) in [5.74, 6) is -0.529. The molecule has 5 nitrogen and oxygen atoms in total. The van der Waals surface area contributed by atoms with Gasteiger partial charge in [-0.05, 0) is 54.2 Å². The number of ether oxygens (including phenoxy) is 1. The number of hydrazone groups is 1. The van der Waals surface area contributed by atoms with Crippen LogP contribution in [0.2, 0.25) is 0 Å². The Morgan fingerprint density at radius 1 is 1.10 bits per heavy atom. The SMILES string of the molecule is O=C1C2C3C=CC(C3)C2C(=O)N1N=Cc1cc(Br)ccc1OCc1cccc(F)c1. The highest BCUT2D eigenvalue weighted by molar-refractivity contribution is 9.10. The number of carbonyl (C=O) groups is 2. The van der Waals surface area contributed by atoms with Crippen molar-refractivity contribution in [1.29, 1.82) is 0 Å². The molecule has 2 amide bonds. The van der Waals surface area contributed by atoms with E-state index in [2.05, 4.69) is 33.2 Å². The zero-order chi connectivity index (χ0) is 20.8. The summed E-state index contributed by atoms with van der Waals surface area (Å²) in [6, 6.07) is 11.6. The summed E-state index contributed by atoms with van der Waals surface area (Å²) in [4.78, 5) is 25.6. The molecule has 2 aliphatic carbocycles. The second-order valence-corrected chi connectivity index (χ2v) is 8.75. The number of halogens is 2. The van der Waals surface area contributed by atoms with Crippen molar-refractivity contribution >= 4 is 34.0 Å². The number of rotatable bonds is 5. The van der Waals surface area contributed by atoms with E-state index in [-0.39, 0.29) is 47.9 Å². The number of amides is 2. The molecule has 4 unspecified atom stereocenters. The van der Waals surface area contributed by atoms with Gasteiger partial charge in [0.1, 0.15) is 18.2 Å². The Bertz CT molecular complexity index is 1070. The molecule has 1 saturated heterocycles. The molecule has 1 saturated carbocycles. The van der Waals surface area contributed by atoms with Crippen molar-refractivity contribution < 1.29 is 18.7 Å². The van der Waals surface area contributed by atoms with Crippen LogP contribution in [0.4, 0.5) is 4.39 Å². The molecule has 2 bridgehead atoms. The maximum atomic E-state index is 13.4. The van der Waals surface area contributed by atoms with Gasteiger partial charge in [0.05, 0.1) is 18.1 Å². The number of fused-ring (bicyclic) bond motifs is 5. The van der Waals surface area contributed by atoms with Crippen molar-refractivity contribution in [2.75, 3.05) is 0 Å². The summed E-state index contributed by atoms with van der Waals surface area (Å²) in [5, 5.41) is 5.24. The molecule has 0 spiro atoms. The number of hydrogen-bond acceptors (Lipinski definition) is 4. The molecule has 7 heteroatoms. The second-order valence-electron chi connectivity index (χ2n) is 7.83. The minimum Gasteiger partial charge on any atom is -0.488 e. The van der Waals surface area contributed by atoms with Crippen LogP contribution in [0.25, 0.3) is 0 Å². The summed E-state index contributed by atoms with van der Waals surface area (Å²) in [6.07, 6.45) is 6.46. The quantitative estimate of drug-likeness (QED) is 0.373. The third-order valence-corrected chi connectivity index (χ3v) is 6.51. The first-order valence-electron chi connectivity index (χ1n) is 9.78. The van der Waals surface area contributed by atoms with E-state index in [1.807, 2.05) is 6.07 Å². The van der Waals surface area contributed by atoms with E-state index >= 15 is 0 Å². The molecule has 0 N–H and O–H groups in total. The number of benzene rings is 2. The van der Waals surface area contributed by atoms with Crippen LogP contribution in [-0.2, 0) is 16.2 Å². The zero-order valence-corrected chi connectivity index (χ0v) is 17.5. The largest absolute Gasteiger partial charge is 0.488 e. The van der Waals surface area contributed by atoms with E-state index in [1.165, 1.54) is 18.3 Å². The predicted octanol–water partition coefficient (Wildman–Crippen LogP) is 4.31. The van der Waals surface area contributed by atoms with Crippen molar-refractivity contribution in [2.24, 2.45) is 28.8 Å². The number of nitrogens with zero attached hydrogens (tertiary/aromatic N) is 2. The Labute approximate surface area is 181 Å². The molecule has 5 rings (SSSR count).